The summed E-state index contributed by atoms with van der Waals surface area (Å²) in [7, 11) is 0. The first kappa shape index (κ1) is 15.5. The molecule has 0 bridgehead atoms. The zero-order valence-electron chi connectivity index (χ0n) is 11.0. The summed E-state index contributed by atoms with van der Waals surface area (Å²) in [4.78, 5) is 1.15. The Bertz CT molecular complexity index is 604. The van der Waals surface area contributed by atoms with E-state index in [0.717, 1.165) is 22.0 Å². The number of ether oxygens (including phenoxy) is 1. The van der Waals surface area contributed by atoms with Crippen molar-refractivity contribution < 1.29 is 4.74 Å². The zero-order chi connectivity index (χ0) is 14.5. The summed E-state index contributed by atoms with van der Waals surface area (Å²) in [5.41, 5.74) is 6.85. The molecule has 0 heterocycles. The smallest absolute Gasteiger partial charge is 0.133 e. The van der Waals surface area contributed by atoms with Crippen molar-refractivity contribution in [1.29, 1.82) is 0 Å². The van der Waals surface area contributed by atoms with Crippen molar-refractivity contribution in [2.45, 2.75) is 18.4 Å². The van der Waals surface area contributed by atoms with Crippen LogP contribution in [0.3, 0.4) is 0 Å². The summed E-state index contributed by atoms with van der Waals surface area (Å²) in [5, 5.41) is 0.978. The highest BCUT2D eigenvalue weighted by Crippen LogP contribution is 2.34. The van der Waals surface area contributed by atoms with E-state index in [4.69, 9.17) is 33.7 Å². The average Bonchev–Trinajstić information content (AvgIpc) is 2.44. The van der Waals surface area contributed by atoms with Gasteiger partial charge in [-0.1, -0.05) is 36.2 Å². The van der Waals surface area contributed by atoms with Crippen LogP contribution in [0.4, 0.5) is 0 Å². The van der Waals surface area contributed by atoms with E-state index in [2.05, 4.69) is 13.0 Å². The predicted molar refractivity (Wildman–Crippen MR) is 87.3 cm³/mol. The van der Waals surface area contributed by atoms with Crippen molar-refractivity contribution in [1.82, 2.24) is 0 Å². The Kier molecular flexibility index (Phi) is 5.61. The molecule has 106 valence electrons. The van der Waals surface area contributed by atoms with Gasteiger partial charge in [0.25, 0.3) is 0 Å². The Hall–Kier alpha value is -0.870. The summed E-state index contributed by atoms with van der Waals surface area (Å²) >= 11 is 13.6. The Balaban J connectivity index is 2.32. The predicted octanol–water partition coefficient (Wildman–Crippen LogP) is 5.36. The van der Waals surface area contributed by atoms with Crippen LogP contribution < -0.4 is 10.5 Å². The van der Waals surface area contributed by atoms with Crippen LogP contribution in [0.1, 0.15) is 12.5 Å². The van der Waals surface area contributed by atoms with Gasteiger partial charge in [0.15, 0.2) is 0 Å². The molecule has 0 unspecified atom stereocenters. The normalized spacial score (nSPS) is 10.6. The van der Waals surface area contributed by atoms with Gasteiger partial charge in [0.2, 0.25) is 0 Å². The second kappa shape index (κ2) is 7.23. The van der Waals surface area contributed by atoms with Crippen LogP contribution in [-0.2, 0) is 6.54 Å². The van der Waals surface area contributed by atoms with Crippen molar-refractivity contribution in [2.75, 3.05) is 5.75 Å². The fourth-order valence-electron chi connectivity index (χ4n) is 1.80. The minimum Gasteiger partial charge on any atom is -0.457 e. The number of rotatable bonds is 5. The molecule has 0 radical (unpaired) electrons. The van der Waals surface area contributed by atoms with Crippen LogP contribution in [0.25, 0.3) is 0 Å². The fourth-order valence-corrected chi connectivity index (χ4v) is 2.93. The summed E-state index contributed by atoms with van der Waals surface area (Å²) in [6, 6.07) is 11.1. The van der Waals surface area contributed by atoms with Crippen LogP contribution in [-0.4, -0.2) is 5.75 Å². The van der Waals surface area contributed by atoms with Crippen LogP contribution in [0.15, 0.2) is 41.3 Å². The van der Waals surface area contributed by atoms with Gasteiger partial charge in [-0.05, 0) is 30.0 Å². The lowest BCUT2D eigenvalue weighted by Gasteiger charge is -2.14. The highest BCUT2D eigenvalue weighted by atomic mass is 35.5. The molecular formula is C15H15Cl2NOS. The molecule has 0 saturated heterocycles. The van der Waals surface area contributed by atoms with E-state index in [-0.39, 0.29) is 0 Å². The zero-order valence-corrected chi connectivity index (χ0v) is 13.4. The summed E-state index contributed by atoms with van der Waals surface area (Å²) in [6.45, 7) is 2.54. The monoisotopic (exact) mass is 327 g/mol. The van der Waals surface area contributed by atoms with Gasteiger partial charge in [0.05, 0.1) is 10.0 Å². The van der Waals surface area contributed by atoms with Crippen molar-refractivity contribution in [2.24, 2.45) is 5.73 Å². The molecule has 0 aromatic heterocycles. The topological polar surface area (TPSA) is 35.2 Å². The quantitative estimate of drug-likeness (QED) is 0.751. The molecule has 0 amide bonds. The molecule has 0 spiro atoms. The molecule has 0 aliphatic heterocycles. The van der Waals surface area contributed by atoms with E-state index in [9.17, 15) is 0 Å². The molecule has 0 aliphatic carbocycles. The second-order valence-electron chi connectivity index (χ2n) is 4.05. The van der Waals surface area contributed by atoms with Gasteiger partial charge >= 0.3 is 0 Å². The highest BCUT2D eigenvalue weighted by molar-refractivity contribution is 7.99. The lowest BCUT2D eigenvalue weighted by atomic mass is 10.2. The molecule has 0 aliphatic rings. The number of nitrogens with two attached hydrogens (primary N) is 1. The standard InChI is InChI=1S/C15H15Cl2NOS/c1-2-20-15-5-3-4-14(11(15)9-18)19-10-6-7-12(16)13(17)8-10/h3-8H,2,9,18H2,1H3. The maximum Gasteiger partial charge on any atom is 0.133 e. The minimum absolute atomic E-state index is 0.430. The van der Waals surface area contributed by atoms with Gasteiger partial charge in [0, 0.05) is 23.1 Å². The first-order chi connectivity index (χ1) is 9.65. The Morgan fingerprint density at radius 1 is 1.15 bits per heavy atom. The molecule has 2 nitrogen and oxygen atoms in total. The van der Waals surface area contributed by atoms with Gasteiger partial charge in [-0.25, -0.2) is 0 Å². The number of benzene rings is 2. The lowest BCUT2D eigenvalue weighted by Crippen LogP contribution is -2.01. The number of hydrogen-bond acceptors (Lipinski definition) is 3. The van der Waals surface area contributed by atoms with Gasteiger partial charge in [-0.15, -0.1) is 11.8 Å². The van der Waals surface area contributed by atoms with Crippen LogP contribution in [0, 0.1) is 0 Å². The maximum absolute atomic E-state index is 5.99. The summed E-state index contributed by atoms with van der Waals surface area (Å²) in [5.74, 6) is 2.39. The number of thioether (sulfide) groups is 1. The molecule has 2 rings (SSSR count). The maximum atomic E-state index is 5.99. The van der Waals surface area contributed by atoms with E-state index in [0.29, 0.717) is 22.3 Å². The highest BCUT2D eigenvalue weighted by Gasteiger charge is 2.10. The molecular weight excluding hydrogens is 313 g/mol. The molecule has 2 N–H and O–H groups in total. The SMILES string of the molecule is CCSc1cccc(Oc2ccc(Cl)c(Cl)c2)c1CN. The first-order valence-corrected chi connectivity index (χ1v) is 7.97. The molecule has 0 fully saturated rings. The molecule has 2 aromatic carbocycles. The van der Waals surface area contributed by atoms with Gasteiger partial charge < -0.3 is 10.5 Å². The number of halogens is 2. The van der Waals surface area contributed by atoms with Crippen LogP contribution in [0.2, 0.25) is 10.0 Å². The molecule has 2 aromatic rings. The Labute approximate surface area is 133 Å². The fraction of sp³-hybridized carbons (Fsp3) is 0.200. The third-order valence-corrected chi connectivity index (χ3v) is 4.43. The van der Waals surface area contributed by atoms with Gasteiger partial charge in [-0.3, -0.25) is 0 Å². The van der Waals surface area contributed by atoms with Crippen molar-refractivity contribution in [3.05, 3.63) is 52.0 Å². The molecule has 0 atom stereocenters. The summed E-state index contributed by atoms with van der Waals surface area (Å²) < 4.78 is 5.89. The third-order valence-electron chi connectivity index (χ3n) is 2.71. The van der Waals surface area contributed by atoms with Gasteiger partial charge in [-0.2, -0.15) is 0 Å². The second-order valence-corrected chi connectivity index (χ2v) is 6.17. The first-order valence-electron chi connectivity index (χ1n) is 6.23. The molecule has 5 heteroatoms. The van der Waals surface area contributed by atoms with E-state index in [1.807, 2.05) is 12.1 Å². The molecule has 0 saturated carbocycles. The lowest BCUT2D eigenvalue weighted by molar-refractivity contribution is 0.474. The van der Waals surface area contributed by atoms with Gasteiger partial charge in [0.1, 0.15) is 11.5 Å². The van der Waals surface area contributed by atoms with Crippen molar-refractivity contribution in [3.8, 4) is 11.5 Å². The third kappa shape index (κ3) is 3.61. The average molecular weight is 328 g/mol. The Morgan fingerprint density at radius 3 is 2.60 bits per heavy atom. The van der Waals surface area contributed by atoms with E-state index in [1.54, 1.807) is 30.0 Å². The number of hydrogen-bond donors (Lipinski definition) is 1. The van der Waals surface area contributed by atoms with Crippen LogP contribution in [0.5, 0.6) is 11.5 Å². The Morgan fingerprint density at radius 2 is 1.95 bits per heavy atom. The van der Waals surface area contributed by atoms with Crippen molar-refractivity contribution >= 4 is 35.0 Å². The van der Waals surface area contributed by atoms with E-state index in [1.165, 1.54) is 0 Å². The van der Waals surface area contributed by atoms with Crippen molar-refractivity contribution in [3.63, 3.8) is 0 Å². The molecule has 20 heavy (non-hydrogen) atoms. The minimum atomic E-state index is 0.430. The van der Waals surface area contributed by atoms with E-state index < -0.39 is 0 Å². The van der Waals surface area contributed by atoms with Crippen LogP contribution >= 0.6 is 35.0 Å². The largest absolute Gasteiger partial charge is 0.457 e. The van der Waals surface area contributed by atoms with E-state index >= 15 is 0 Å². The summed E-state index contributed by atoms with van der Waals surface area (Å²) in [6.07, 6.45) is 0.